The molecule has 0 atom stereocenters. The predicted molar refractivity (Wildman–Crippen MR) is 203 cm³/mol. The van der Waals surface area contributed by atoms with Crippen LogP contribution >= 0.6 is 0 Å². The molecule has 0 radical (unpaired) electrons. The second-order valence-corrected chi connectivity index (χ2v) is 17.7. The Morgan fingerprint density at radius 1 is 0.531 bits per heavy atom. The van der Waals surface area contributed by atoms with Crippen LogP contribution in [0.15, 0.2) is 85.1 Å². The third kappa shape index (κ3) is 4.52. The van der Waals surface area contributed by atoms with Crippen molar-refractivity contribution in [1.29, 1.82) is 0 Å². The van der Waals surface area contributed by atoms with Crippen molar-refractivity contribution in [2.75, 3.05) is 0 Å². The second kappa shape index (κ2) is 10.1. The van der Waals surface area contributed by atoms with E-state index >= 15 is 0 Å². The highest BCUT2D eigenvalue weighted by Crippen LogP contribution is 2.51. The maximum atomic E-state index is 6.72. The van der Waals surface area contributed by atoms with Crippen LogP contribution in [-0.2, 0) is 21.7 Å². The fraction of sp³-hybridized carbons (Fsp3) is 0.356. The lowest BCUT2D eigenvalue weighted by atomic mass is 9.35. The van der Waals surface area contributed by atoms with E-state index < -0.39 is 0 Å². The van der Waals surface area contributed by atoms with Gasteiger partial charge in [-0.1, -0.05) is 116 Å². The molecule has 0 spiro atoms. The van der Waals surface area contributed by atoms with E-state index in [1.165, 1.54) is 70.2 Å². The lowest BCUT2D eigenvalue weighted by molar-refractivity contribution is 0.333. The maximum Gasteiger partial charge on any atom is 0.262 e. The van der Waals surface area contributed by atoms with Gasteiger partial charge in [0.1, 0.15) is 17.2 Å². The number of pyridine rings is 1. The Morgan fingerprint density at radius 3 is 1.55 bits per heavy atom. The highest BCUT2D eigenvalue weighted by molar-refractivity contribution is 6.98. The van der Waals surface area contributed by atoms with Gasteiger partial charge in [-0.3, -0.25) is 0 Å². The average molecular weight is 644 g/mol. The summed E-state index contributed by atoms with van der Waals surface area (Å²) in [6, 6.07) is 29.5. The Labute approximate surface area is 292 Å². The van der Waals surface area contributed by atoms with Crippen LogP contribution in [0.1, 0.15) is 103 Å². The van der Waals surface area contributed by atoms with E-state index in [9.17, 15) is 0 Å². The van der Waals surface area contributed by atoms with Crippen LogP contribution in [0.5, 0.6) is 23.1 Å². The van der Waals surface area contributed by atoms with Crippen LogP contribution in [0.25, 0.3) is 22.3 Å². The van der Waals surface area contributed by atoms with Gasteiger partial charge in [-0.05, 0) is 121 Å². The molecule has 4 aromatic carbocycles. The molecule has 3 heterocycles. The molecule has 0 N–H and O–H groups in total. The molecule has 0 saturated carbocycles. The number of nitrogens with zero attached hydrogens (tertiary/aromatic N) is 1. The molecule has 9 rings (SSSR count). The molecule has 4 heteroatoms. The minimum atomic E-state index is -0.0191. The Balaban J connectivity index is 1.18. The number of ether oxygens (including phenoxy) is 2. The van der Waals surface area contributed by atoms with E-state index in [2.05, 4.69) is 128 Å². The molecule has 0 bridgehead atoms. The van der Waals surface area contributed by atoms with Crippen LogP contribution < -0.4 is 25.9 Å². The Bertz CT molecular complexity index is 2060. The lowest BCUT2D eigenvalue weighted by Gasteiger charge is -2.43. The highest BCUT2D eigenvalue weighted by atomic mass is 16.5. The average Bonchev–Trinajstić information content (AvgIpc) is 3.08. The third-order valence-electron chi connectivity index (χ3n) is 12.6. The topological polar surface area (TPSA) is 31.4 Å². The van der Waals surface area contributed by atoms with Gasteiger partial charge in [-0.15, -0.1) is 0 Å². The first-order valence-corrected chi connectivity index (χ1v) is 18.2. The predicted octanol–water partition coefficient (Wildman–Crippen LogP) is 9.84. The van der Waals surface area contributed by atoms with Gasteiger partial charge in [-0.25, -0.2) is 4.98 Å². The van der Waals surface area contributed by atoms with Gasteiger partial charge >= 0.3 is 0 Å². The van der Waals surface area contributed by atoms with Gasteiger partial charge in [0.15, 0.2) is 0 Å². The van der Waals surface area contributed by atoms with Crippen LogP contribution in [0.3, 0.4) is 0 Å². The van der Waals surface area contributed by atoms with E-state index in [1.807, 2.05) is 12.3 Å². The van der Waals surface area contributed by atoms with E-state index in [0.717, 1.165) is 33.6 Å². The first-order valence-electron chi connectivity index (χ1n) is 18.2. The molecule has 3 nitrogen and oxygen atoms in total. The first kappa shape index (κ1) is 30.7. The molecule has 1 aromatic heterocycles. The fourth-order valence-corrected chi connectivity index (χ4v) is 9.57. The zero-order valence-corrected chi connectivity index (χ0v) is 30.3. The molecule has 0 amide bonds. The largest absolute Gasteiger partial charge is 0.458 e. The molecule has 2 aliphatic heterocycles. The number of hydrogen-bond donors (Lipinski definition) is 0. The Kier molecular flexibility index (Phi) is 6.35. The summed E-state index contributed by atoms with van der Waals surface area (Å²) in [6.07, 6.45) is 6.56. The van der Waals surface area contributed by atoms with Crippen molar-refractivity contribution in [2.24, 2.45) is 0 Å². The maximum absolute atomic E-state index is 6.72. The molecule has 0 unspecified atom stereocenters. The minimum Gasteiger partial charge on any atom is -0.458 e. The van der Waals surface area contributed by atoms with Gasteiger partial charge in [0.2, 0.25) is 5.88 Å². The number of benzene rings is 4. The van der Waals surface area contributed by atoms with Crippen LogP contribution in [0, 0.1) is 0 Å². The summed E-state index contributed by atoms with van der Waals surface area (Å²) >= 11 is 0. The normalized spacial score (nSPS) is 19.6. The standard InChI is InChI=1S/C45H46BNO2/c1-42(2)20-22-44(5,6)38-29(11-9-13-31(38)42)27-15-17-33-36(25-27)48-35-19-24-47-41-40(35)46(33)34-18-16-28(26-37(34)49-41)30-12-10-14-32-39(30)45(7,8)23-21-43(32,3)4/h9-19,24-26H,20-23H2,1-8H3. The van der Waals surface area contributed by atoms with Crippen molar-refractivity contribution in [2.45, 2.75) is 103 Å². The Morgan fingerprint density at radius 2 is 1.02 bits per heavy atom. The molecule has 4 aliphatic rings. The van der Waals surface area contributed by atoms with Crippen molar-refractivity contribution in [3.63, 3.8) is 0 Å². The molecule has 246 valence electrons. The van der Waals surface area contributed by atoms with Gasteiger partial charge in [0.25, 0.3) is 6.71 Å². The lowest BCUT2D eigenvalue weighted by Crippen LogP contribution is -2.57. The van der Waals surface area contributed by atoms with E-state index in [-0.39, 0.29) is 28.4 Å². The molecular weight excluding hydrogens is 597 g/mol. The molecule has 49 heavy (non-hydrogen) atoms. The van der Waals surface area contributed by atoms with E-state index in [4.69, 9.17) is 14.5 Å². The van der Waals surface area contributed by atoms with Crippen molar-refractivity contribution < 1.29 is 9.47 Å². The summed E-state index contributed by atoms with van der Waals surface area (Å²) in [5.74, 6) is 3.26. The van der Waals surface area contributed by atoms with E-state index in [0.29, 0.717) is 5.88 Å². The summed E-state index contributed by atoms with van der Waals surface area (Å²) in [4.78, 5) is 4.74. The minimum absolute atomic E-state index is 0.0191. The van der Waals surface area contributed by atoms with Crippen molar-refractivity contribution in [3.05, 3.63) is 107 Å². The quantitative estimate of drug-likeness (QED) is 0.176. The second-order valence-electron chi connectivity index (χ2n) is 17.7. The Hall–Kier alpha value is -4.31. The summed E-state index contributed by atoms with van der Waals surface area (Å²) < 4.78 is 13.4. The van der Waals surface area contributed by atoms with Crippen LogP contribution in [0.2, 0.25) is 0 Å². The van der Waals surface area contributed by atoms with Crippen molar-refractivity contribution in [1.82, 2.24) is 4.98 Å². The summed E-state index contributed by atoms with van der Waals surface area (Å²) in [7, 11) is 0. The SMILES string of the molecule is CC1(C)CCC(C)(C)c2c(-c3ccc4c(c3)Oc3ccnc5c3B4c3ccc(-c4cccc6c4C(C)(C)CCC6(C)C)cc3O5)cccc21. The number of fused-ring (bicyclic) bond motifs is 6. The summed E-state index contributed by atoms with van der Waals surface area (Å²) in [5.41, 5.74) is 14.8. The van der Waals surface area contributed by atoms with Gasteiger partial charge in [0, 0.05) is 11.7 Å². The van der Waals surface area contributed by atoms with Crippen LogP contribution in [0.4, 0.5) is 0 Å². The van der Waals surface area contributed by atoms with Gasteiger partial charge in [-0.2, -0.15) is 0 Å². The van der Waals surface area contributed by atoms with Crippen molar-refractivity contribution in [3.8, 4) is 45.4 Å². The highest BCUT2D eigenvalue weighted by Gasteiger charge is 2.43. The number of hydrogen-bond acceptors (Lipinski definition) is 3. The molecular formula is C45H46BNO2. The summed E-state index contributed by atoms with van der Waals surface area (Å²) in [5, 5.41) is 0. The zero-order valence-electron chi connectivity index (χ0n) is 30.3. The monoisotopic (exact) mass is 643 g/mol. The van der Waals surface area contributed by atoms with Crippen molar-refractivity contribution >= 4 is 23.1 Å². The molecule has 0 fully saturated rings. The first-order chi connectivity index (χ1) is 23.3. The molecule has 2 aliphatic carbocycles. The molecule has 0 saturated heterocycles. The zero-order chi connectivity index (χ0) is 34.1. The third-order valence-corrected chi connectivity index (χ3v) is 12.6. The number of rotatable bonds is 2. The van der Waals surface area contributed by atoms with E-state index in [1.54, 1.807) is 0 Å². The van der Waals surface area contributed by atoms with Gasteiger partial charge in [0.05, 0.1) is 0 Å². The molecule has 5 aromatic rings. The van der Waals surface area contributed by atoms with Crippen LogP contribution in [-0.4, -0.2) is 11.7 Å². The summed E-state index contributed by atoms with van der Waals surface area (Å²) in [6.45, 7) is 19.2. The number of aromatic nitrogens is 1. The fourth-order valence-electron chi connectivity index (χ4n) is 9.57. The van der Waals surface area contributed by atoms with Gasteiger partial charge < -0.3 is 9.47 Å². The smallest absolute Gasteiger partial charge is 0.262 e.